The van der Waals surface area contributed by atoms with E-state index >= 15 is 0 Å². The molecular formula is C15H19ClN6O4S. The van der Waals surface area contributed by atoms with E-state index in [-0.39, 0.29) is 11.9 Å². The Kier molecular flexibility index (Phi) is 6.54. The van der Waals surface area contributed by atoms with Crippen molar-refractivity contribution in [1.82, 2.24) is 15.6 Å². The number of guanidine groups is 1. The van der Waals surface area contributed by atoms with E-state index in [1.165, 1.54) is 0 Å². The zero-order chi connectivity index (χ0) is 20.2. The summed E-state index contributed by atoms with van der Waals surface area (Å²) < 4.78 is 31.6. The molecule has 12 heteroatoms. The van der Waals surface area contributed by atoms with Gasteiger partial charge in [-0.3, -0.25) is 19.6 Å². The number of benzene rings is 1. The van der Waals surface area contributed by atoms with Crippen LogP contribution in [0.4, 0.5) is 0 Å². The molecule has 1 aromatic heterocycles. The van der Waals surface area contributed by atoms with Crippen LogP contribution in [0.1, 0.15) is 34.9 Å². The predicted octanol–water partition coefficient (Wildman–Crippen LogP) is 1.64. The first-order valence-corrected chi connectivity index (χ1v) is 9.49. The number of halogens is 1. The highest BCUT2D eigenvalue weighted by Gasteiger charge is 2.29. The molecule has 0 aliphatic heterocycles. The Morgan fingerprint density at radius 1 is 1.41 bits per heavy atom. The van der Waals surface area contributed by atoms with Gasteiger partial charge in [-0.1, -0.05) is 29.8 Å². The van der Waals surface area contributed by atoms with Crippen molar-refractivity contribution in [3.63, 3.8) is 0 Å². The maximum atomic E-state index is 8.74. The first kappa shape index (κ1) is 20.8. The lowest BCUT2D eigenvalue weighted by molar-refractivity contribution is 0.381. The third kappa shape index (κ3) is 6.03. The number of nitrogens with zero attached hydrogens (tertiary/aromatic N) is 2. The highest BCUT2D eigenvalue weighted by atomic mass is 35.5. The molecule has 1 unspecified atom stereocenters. The van der Waals surface area contributed by atoms with E-state index in [0.717, 1.165) is 46.1 Å². The van der Waals surface area contributed by atoms with Crippen molar-refractivity contribution < 1.29 is 17.5 Å². The molecule has 0 amide bonds. The molecule has 0 spiro atoms. The summed E-state index contributed by atoms with van der Waals surface area (Å²) in [5.41, 5.74) is 12.8. The highest BCUT2D eigenvalue weighted by molar-refractivity contribution is 7.79. The molecule has 1 atom stereocenters. The molecule has 3 rings (SSSR count). The summed E-state index contributed by atoms with van der Waals surface area (Å²) in [4.78, 5) is 0. The Labute approximate surface area is 160 Å². The van der Waals surface area contributed by atoms with Gasteiger partial charge < -0.3 is 5.73 Å². The minimum absolute atomic E-state index is 0.185. The number of nitrogens with one attached hydrogen (secondary N) is 3. The van der Waals surface area contributed by atoms with Crippen molar-refractivity contribution >= 4 is 33.7 Å². The Bertz CT molecular complexity index is 964. The number of hydrogen-bond donors (Lipinski definition) is 6. The minimum atomic E-state index is -4.67. The Morgan fingerprint density at radius 2 is 2.04 bits per heavy atom. The number of H-pyrrole nitrogens is 1. The van der Waals surface area contributed by atoms with Crippen LogP contribution in [-0.4, -0.2) is 39.4 Å². The zero-order valence-electron chi connectivity index (χ0n) is 14.3. The highest BCUT2D eigenvalue weighted by Crippen LogP contribution is 2.36. The van der Waals surface area contributed by atoms with Crippen molar-refractivity contribution in [2.75, 3.05) is 0 Å². The van der Waals surface area contributed by atoms with Crippen LogP contribution in [0.5, 0.6) is 0 Å². The summed E-state index contributed by atoms with van der Waals surface area (Å²) in [5, 5.41) is 19.7. The SMILES string of the molecule is Cc1n[nH]c2c1C(=NNC(=N)N)CC(c1ccccc1Cl)C2.O=S(=O)(O)O. The number of fused-ring (bicyclic) bond motifs is 1. The number of aromatic amines is 1. The van der Waals surface area contributed by atoms with E-state index < -0.39 is 10.4 Å². The van der Waals surface area contributed by atoms with E-state index in [1.54, 1.807) is 0 Å². The van der Waals surface area contributed by atoms with Gasteiger partial charge >= 0.3 is 10.4 Å². The summed E-state index contributed by atoms with van der Waals surface area (Å²) in [7, 11) is -4.67. The topological polar surface area (TPSA) is 178 Å². The zero-order valence-corrected chi connectivity index (χ0v) is 15.8. The molecule has 0 fully saturated rings. The van der Waals surface area contributed by atoms with E-state index in [9.17, 15) is 0 Å². The summed E-state index contributed by atoms with van der Waals surface area (Å²) in [6.45, 7) is 1.94. The standard InChI is InChI=1S/C15H17ClN6.H2O4S/c1-8-14-12(20-19-8)6-9(7-13(14)21-22-15(17)18)10-4-2-3-5-11(10)16;1-5(2,3)4/h2-5,9H,6-7H2,1H3,(H,19,20)(H4,17,18,22);(H2,1,2,3,4). The quantitative estimate of drug-likeness (QED) is 0.187. The maximum Gasteiger partial charge on any atom is 0.394 e. The van der Waals surface area contributed by atoms with E-state index in [1.807, 2.05) is 31.2 Å². The lowest BCUT2D eigenvalue weighted by Crippen LogP contribution is -2.29. The van der Waals surface area contributed by atoms with Gasteiger partial charge in [0.1, 0.15) is 0 Å². The molecule has 0 saturated heterocycles. The average Bonchev–Trinajstić information content (AvgIpc) is 2.93. The Balaban J connectivity index is 0.000000465. The van der Waals surface area contributed by atoms with Crippen LogP contribution in [0.2, 0.25) is 5.02 Å². The van der Waals surface area contributed by atoms with Gasteiger partial charge in [-0.05, 0) is 37.3 Å². The molecule has 27 heavy (non-hydrogen) atoms. The van der Waals surface area contributed by atoms with Crippen molar-refractivity contribution in [3.8, 4) is 0 Å². The second-order valence-corrected chi connectivity index (χ2v) is 7.12. The Hall–Kier alpha value is -2.47. The van der Waals surface area contributed by atoms with Crippen LogP contribution in [-0.2, 0) is 16.8 Å². The van der Waals surface area contributed by atoms with Gasteiger partial charge in [0.05, 0.1) is 11.4 Å². The molecule has 1 aliphatic rings. The molecule has 10 nitrogen and oxygen atoms in total. The van der Waals surface area contributed by atoms with Gasteiger partial charge in [0.25, 0.3) is 0 Å². The second-order valence-electron chi connectivity index (χ2n) is 5.82. The Morgan fingerprint density at radius 3 is 2.63 bits per heavy atom. The number of rotatable bonds is 2. The molecule has 0 radical (unpaired) electrons. The summed E-state index contributed by atoms with van der Waals surface area (Å²) in [5.74, 6) is 0.0311. The van der Waals surface area contributed by atoms with Gasteiger partial charge in [-0.2, -0.15) is 18.6 Å². The van der Waals surface area contributed by atoms with Gasteiger partial charge in [-0.25, -0.2) is 5.43 Å². The number of aryl methyl sites for hydroxylation is 1. The fourth-order valence-electron chi connectivity index (χ4n) is 2.92. The van der Waals surface area contributed by atoms with Crippen LogP contribution in [0, 0.1) is 12.3 Å². The van der Waals surface area contributed by atoms with Gasteiger partial charge in [0, 0.05) is 16.3 Å². The van der Waals surface area contributed by atoms with Gasteiger partial charge in [0.15, 0.2) is 0 Å². The van der Waals surface area contributed by atoms with E-state index in [4.69, 9.17) is 40.3 Å². The summed E-state index contributed by atoms with van der Waals surface area (Å²) >= 11 is 6.33. The average molecular weight is 415 g/mol. The molecule has 1 aliphatic carbocycles. The van der Waals surface area contributed by atoms with E-state index in [0.29, 0.717) is 0 Å². The summed E-state index contributed by atoms with van der Waals surface area (Å²) in [6.07, 6.45) is 1.55. The lowest BCUT2D eigenvalue weighted by Gasteiger charge is -2.24. The number of hydrogen-bond acceptors (Lipinski definition) is 5. The van der Waals surface area contributed by atoms with Crippen LogP contribution >= 0.6 is 11.6 Å². The predicted molar refractivity (Wildman–Crippen MR) is 102 cm³/mol. The van der Waals surface area contributed by atoms with Crippen molar-refractivity contribution in [3.05, 3.63) is 51.8 Å². The molecule has 146 valence electrons. The smallest absolute Gasteiger partial charge is 0.369 e. The lowest BCUT2D eigenvalue weighted by atomic mass is 9.81. The fraction of sp³-hybridized carbons (Fsp3) is 0.267. The van der Waals surface area contributed by atoms with Crippen LogP contribution in [0.25, 0.3) is 0 Å². The van der Waals surface area contributed by atoms with Crippen LogP contribution < -0.4 is 11.2 Å². The normalized spacial score (nSPS) is 17.6. The first-order valence-electron chi connectivity index (χ1n) is 7.71. The molecule has 0 bridgehead atoms. The maximum absolute atomic E-state index is 8.74. The molecular weight excluding hydrogens is 396 g/mol. The van der Waals surface area contributed by atoms with Crippen LogP contribution in [0.3, 0.4) is 0 Å². The molecule has 1 aromatic carbocycles. The minimum Gasteiger partial charge on any atom is -0.369 e. The van der Waals surface area contributed by atoms with Gasteiger partial charge in [0.2, 0.25) is 5.96 Å². The number of aromatic nitrogens is 2. The fourth-order valence-corrected chi connectivity index (χ4v) is 3.21. The molecule has 1 heterocycles. The van der Waals surface area contributed by atoms with Crippen molar-refractivity contribution in [1.29, 1.82) is 5.41 Å². The second kappa shape index (κ2) is 8.48. The summed E-state index contributed by atoms with van der Waals surface area (Å²) in [6, 6.07) is 7.85. The van der Waals surface area contributed by atoms with Crippen molar-refractivity contribution in [2.45, 2.75) is 25.7 Å². The van der Waals surface area contributed by atoms with Gasteiger partial charge in [-0.15, -0.1) is 0 Å². The first-order chi connectivity index (χ1) is 12.6. The third-order valence-corrected chi connectivity index (χ3v) is 4.20. The molecule has 7 N–H and O–H groups in total. The van der Waals surface area contributed by atoms with Crippen LogP contribution in [0.15, 0.2) is 29.4 Å². The number of nitrogens with two attached hydrogens (primary N) is 1. The third-order valence-electron chi connectivity index (χ3n) is 3.86. The number of hydrazone groups is 1. The van der Waals surface area contributed by atoms with E-state index in [2.05, 4.69) is 20.7 Å². The monoisotopic (exact) mass is 414 g/mol. The largest absolute Gasteiger partial charge is 0.394 e. The molecule has 0 saturated carbocycles. The molecule has 2 aromatic rings. The van der Waals surface area contributed by atoms with Crippen molar-refractivity contribution in [2.24, 2.45) is 10.8 Å².